The number of nitrogens with one attached hydrogen (secondary N) is 1. The number of likely N-dealkylation sites (tertiary alicyclic amines) is 1. The Kier molecular flexibility index (Phi) is 4.49. The van der Waals surface area contributed by atoms with Crippen LogP contribution in [0.1, 0.15) is 29.2 Å². The SMILES string of the molecule is Cc1ccc(C(NC(=O)C2CC(=O)N(C)C2)C(=O)O)cc1C. The fourth-order valence-corrected chi connectivity index (χ4v) is 2.53. The first kappa shape index (κ1) is 16.0. The first-order valence-corrected chi connectivity index (χ1v) is 7.14. The van der Waals surface area contributed by atoms with Gasteiger partial charge in [0.2, 0.25) is 11.8 Å². The summed E-state index contributed by atoms with van der Waals surface area (Å²) in [6, 6.07) is 4.20. The molecule has 0 bridgehead atoms. The Bertz CT molecular complexity index is 627. The fraction of sp³-hybridized carbons (Fsp3) is 0.438. The molecular weight excluding hydrogens is 284 g/mol. The van der Waals surface area contributed by atoms with E-state index in [0.717, 1.165) is 11.1 Å². The Morgan fingerprint density at radius 1 is 1.32 bits per heavy atom. The zero-order valence-corrected chi connectivity index (χ0v) is 12.9. The van der Waals surface area contributed by atoms with Gasteiger partial charge in [0.1, 0.15) is 0 Å². The maximum absolute atomic E-state index is 12.2. The smallest absolute Gasteiger partial charge is 0.330 e. The van der Waals surface area contributed by atoms with E-state index in [-0.39, 0.29) is 12.3 Å². The van der Waals surface area contributed by atoms with E-state index >= 15 is 0 Å². The number of carbonyl (C=O) groups is 3. The third kappa shape index (κ3) is 3.27. The molecule has 0 saturated carbocycles. The molecule has 2 unspecified atom stereocenters. The van der Waals surface area contributed by atoms with E-state index in [2.05, 4.69) is 5.32 Å². The summed E-state index contributed by atoms with van der Waals surface area (Å²) in [6.45, 7) is 4.15. The average Bonchev–Trinajstić information content (AvgIpc) is 2.79. The molecular formula is C16H20N2O4. The van der Waals surface area contributed by atoms with Crippen LogP contribution < -0.4 is 5.32 Å². The van der Waals surface area contributed by atoms with E-state index in [1.165, 1.54) is 4.90 Å². The number of carbonyl (C=O) groups excluding carboxylic acids is 2. The van der Waals surface area contributed by atoms with Gasteiger partial charge in [0, 0.05) is 20.0 Å². The highest BCUT2D eigenvalue weighted by Crippen LogP contribution is 2.21. The molecule has 22 heavy (non-hydrogen) atoms. The lowest BCUT2D eigenvalue weighted by Gasteiger charge is -2.18. The van der Waals surface area contributed by atoms with Crippen LogP contribution >= 0.6 is 0 Å². The van der Waals surface area contributed by atoms with Gasteiger partial charge in [-0.3, -0.25) is 9.59 Å². The summed E-state index contributed by atoms with van der Waals surface area (Å²) in [6.07, 6.45) is 0.127. The second-order valence-corrected chi connectivity index (χ2v) is 5.80. The van der Waals surface area contributed by atoms with Crippen molar-refractivity contribution in [3.05, 3.63) is 34.9 Å². The average molecular weight is 304 g/mol. The van der Waals surface area contributed by atoms with Gasteiger partial charge >= 0.3 is 5.97 Å². The molecule has 1 aromatic carbocycles. The van der Waals surface area contributed by atoms with Gasteiger partial charge in [-0.2, -0.15) is 0 Å². The molecule has 6 heteroatoms. The van der Waals surface area contributed by atoms with Crippen LogP contribution in [0.3, 0.4) is 0 Å². The number of carboxylic acids is 1. The minimum atomic E-state index is -1.12. The number of nitrogens with zero attached hydrogens (tertiary/aromatic N) is 1. The van der Waals surface area contributed by atoms with Crippen molar-refractivity contribution in [2.24, 2.45) is 5.92 Å². The molecule has 1 aliphatic heterocycles. The van der Waals surface area contributed by atoms with Crippen molar-refractivity contribution < 1.29 is 19.5 Å². The lowest BCUT2D eigenvalue weighted by molar-refractivity contribution is -0.142. The van der Waals surface area contributed by atoms with Gasteiger partial charge in [-0.1, -0.05) is 18.2 Å². The lowest BCUT2D eigenvalue weighted by Crippen LogP contribution is -2.38. The number of rotatable bonds is 4. The molecule has 6 nitrogen and oxygen atoms in total. The van der Waals surface area contributed by atoms with E-state index in [1.54, 1.807) is 19.2 Å². The molecule has 1 fully saturated rings. The van der Waals surface area contributed by atoms with E-state index in [9.17, 15) is 19.5 Å². The van der Waals surface area contributed by atoms with Crippen molar-refractivity contribution in [1.82, 2.24) is 10.2 Å². The van der Waals surface area contributed by atoms with Crippen molar-refractivity contribution >= 4 is 17.8 Å². The number of aliphatic carboxylic acids is 1. The van der Waals surface area contributed by atoms with E-state index in [1.807, 2.05) is 19.9 Å². The number of aryl methyl sites for hydroxylation is 2. The number of amides is 2. The Morgan fingerprint density at radius 3 is 2.50 bits per heavy atom. The van der Waals surface area contributed by atoms with Crippen LogP contribution in [0, 0.1) is 19.8 Å². The molecule has 2 atom stereocenters. The summed E-state index contributed by atoms with van der Waals surface area (Å²) < 4.78 is 0. The minimum Gasteiger partial charge on any atom is -0.479 e. The summed E-state index contributed by atoms with van der Waals surface area (Å²) in [5.74, 6) is -2.11. The first-order valence-electron chi connectivity index (χ1n) is 7.14. The zero-order valence-electron chi connectivity index (χ0n) is 12.9. The van der Waals surface area contributed by atoms with Gasteiger partial charge in [-0.15, -0.1) is 0 Å². The van der Waals surface area contributed by atoms with Gasteiger partial charge in [0.15, 0.2) is 6.04 Å². The van der Waals surface area contributed by atoms with Crippen LogP contribution in [0.5, 0.6) is 0 Å². The van der Waals surface area contributed by atoms with Crippen molar-refractivity contribution in [2.75, 3.05) is 13.6 Å². The molecule has 0 aliphatic carbocycles. The Hall–Kier alpha value is -2.37. The Morgan fingerprint density at radius 2 is 2.00 bits per heavy atom. The lowest BCUT2D eigenvalue weighted by atomic mass is 10.00. The van der Waals surface area contributed by atoms with Crippen LogP contribution in [0.2, 0.25) is 0 Å². The molecule has 2 N–H and O–H groups in total. The molecule has 2 amide bonds. The van der Waals surface area contributed by atoms with Crippen molar-refractivity contribution in [2.45, 2.75) is 26.3 Å². The molecule has 0 aromatic heterocycles. The highest BCUT2D eigenvalue weighted by atomic mass is 16.4. The summed E-state index contributed by atoms with van der Waals surface area (Å²) in [7, 11) is 1.63. The van der Waals surface area contributed by atoms with Crippen LogP contribution in [0.4, 0.5) is 0 Å². The molecule has 2 rings (SSSR count). The number of hydrogen-bond acceptors (Lipinski definition) is 3. The molecule has 0 spiro atoms. The summed E-state index contributed by atoms with van der Waals surface area (Å²) in [5, 5.41) is 11.9. The van der Waals surface area contributed by atoms with Crippen LogP contribution in [-0.4, -0.2) is 41.4 Å². The maximum Gasteiger partial charge on any atom is 0.330 e. The van der Waals surface area contributed by atoms with Crippen molar-refractivity contribution in [3.63, 3.8) is 0 Å². The van der Waals surface area contributed by atoms with Gasteiger partial charge in [0.05, 0.1) is 5.92 Å². The van der Waals surface area contributed by atoms with Gasteiger partial charge in [0.25, 0.3) is 0 Å². The number of benzene rings is 1. The van der Waals surface area contributed by atoms with Crippen molar-refractivity contribution in [1.29, 1.82) is 0 Å². The molecule has 1 aliphatic rings. The fourth-order valence-electron chi connectivity index (χ4n) is 2.53. The maximum atomic E-state index is 12.2. The summed E-state index contributed by atoms with van der Waals surface area (Å²) in [4.78, 5) is 36.7. The monoisotopic (exact) mass is 304 g/mol. The van der Waals surface area contributed by atoms with Gasteiger partial charge in [-0.05, 0) is 30.5 Å². The van der Waals surface area contributed by atoms with E-state index in [4.69, 9.17) is 0 Å². The van der Waals surface area contributed by atoms with E-state index in [0.29, 0.717) is 12.1 Å². The highest BCUT2D eigenvalue weighted by molar-refractivity contribution is 5.91. The Balaban J connectivity index is 2.15. The predicted octanol–water partition coefficient (Wildman–Crippen LogP) is 1.02. The third-order valence-electron chi connectivity index (χ3n) is 4.11. The standard InChI is InChI=1S/C16H20N2O4/c1-9-4-5-11(6-10(9)2)14(16(21)22)17-15(20)12-7-13(19)18(3)8-12/h4-6,12,14H,7-8H2,1-3H3,(H,17,20)(H,21,22). The molecule has 0 radical (unpaired) electrons. The van der Waals surface area contributed by atoms with Crippen molar-refractivity contribution in [3.8, 4) is 0 Å². The first-order chi connectivity index (χ1) is 10.3. The van der Waals surface area contributed by atoms with Gasteiger partial charge < -0.3 is 15.3 Å². The topological polar surface area (TPSA) is 86.7 Å². The molecule has 1 aromatic rings. The second kappa shape index (κ2) is 6.17. The van der Waals surface area contributed by atoms with Crippen LogP contribution in [-0.2, 0) is 14.4 Å². The zero-order chi connectivity index (χ0) is 16.4. The summed E-state index contributed by atoms with van der Waals surface area (Å²) in [5.41, 5.74) is 2.55. The van der Waals surface area contributed by atoms with Gasteiger partial charge in [-0.25, -0.2) is 4.79 Å². The number of hydrogen-bond donors (Lipinski definition) is 2. The minimum absolute atomic E-state index is 0.0989. The molecule has 1 saturated heterocycles. The van der Waals surface area contributed by atoms with Crippen LogP contribution in [0.15, 0.2) is 18.2 Å². The normalized spacial score (nSPS) is 19.1. The highest BCUT2D eigenvalue weighted by Gasteiger charge is 2.34. The molecule has 118 valence electrons. The predicted molar refractivity (Wildman–Crippen MR) is 80.2 cm³/mol. The second-order valence-electron chi connectivity index (χ2n) is 5.80. The molecule has 1 heterocycles. The number of carboxylic acid groups (broad SMARTS) is 1. The Labute approximate surface area is 129 Å². The largest absolute Gasteiger partial charge is 0.479 e. The quantitative estimate of drug-likeness (QED) is 0.869. The summed E-state index contributed by atoms with van der Waals surface area (Å²) >= 11 is 0. The van der Waals surface area contributed by atoms with E-state index < -0.39 is 23.8 Å². The van der Waals surface area contributed by atoms with Crippen LogP contribution in [0.25, 0.3) is 0 Å². The third-order valence-corrected chi connectivity index (χ3v) is 4.11.